The Morgan fingerprint density at radius 1 is 1.44 bits per heavy atom. The smallest absolute Gasteiger partial charge is 0.305 e. The van der Waals surface area contributed by atoms with Crippen molar-refractivity contribution in [1.29, 1.82) is 0 Å². The lowest BCUT2D eigenvalue weighted by molar-refractivity contribution is -0.136. The molecule has 6 nitrogen and oxygen atoms in total. The van der Waals surface area contributed by atoms with Crippen molar-refractivity contribution >= 4 is 11.9 Å². The molecule has 0 saturated carbocycles. The minimum atomic E-state index is -0.950. The molecule has 1 rings (SSSR count). The van der Waals surface area contributed by atoms with E-state index >= 15 is 0 Å². The van der Waals surface area contributed by atoms with Gasteiger partial charge in [0.05, 0.1) is 18.1 Å². The Morgan fingerprint density at radius 3 is 2.67 bits per heavy atom. The second kappa shape index (κ2) is 6.58. The van der Waals surface area contributed by atoms with Crippen LogP contribution < -0.4 is 10.1 Å². The number of nitrogens with zero attached hydrogens (tertiary/aromatic N) is 1. The van der Waals surface area contributed by atoms with Gasteiger partial charge in [-0.05, 0) is 19.9 Å². The quantitative estimate of drug-likeness (QED) is 0.790. The fourth-order valence-corrected chi connectivity index (χ4v) is 1.21. The van der Waals surface area contributed by atoms with E-state index in [-0.39, 0.29) is 25.0 Å². The molecule has 2 N–H and O–H groups in total. The van der Waals surface area contributed by atoms with E-state index in [1.165, 1.54) is 6.20 Å². The SMILES string of the molecule is CC(C)Oc1ccc(C(=O)NCCC(=O)O)cn1. The maximum Gasteiger partial charge on any atom is 0.305 e. The average molecular weight is 252 g/mol. The molecular formula is C12H16N2O4. The van der Waals surface area contributed by atoms with E-state index in [1.54, 1.807) is 12.1 Å². The molecule has 1 aromatic rings. The molecule has 0 atom stereocenters. The number of aliphatic carboxylic acids is 1. The summed E-state index contributed by atoms with van der Waals surface area (Å²) in [6.07, 6.45) is 1.31. The highest BCUT2D eigenvalue weighted by atomic mass is 16.5. The van der Waals surface area contributed by atoms with Crippen molar-refractivity contribution in [2.45, 2.75) is 26.4 Å². The zero-order valence-electron chi connectivity index (χ0n) is 10.3. The van der Waals surface area contributed by atoms with Crippen LogP contribution in [0.5, 0.6) is 5.88 Å². The van der Waals surface area contributed by atoms with Crippen LogP contribution in [0.3, 0.4) is 0 Å². The number of rotatable bonds is 6. The summed E-state index contributed by atoms with van der Waals surface area (Å²) in [5, 5.41) is 10.9. The van der Waals surface area contributed by atoms with Crippen LogP contribution in [0.15, 0.2) is 18.3 Å². The van der Waals surface area contributed by atoms with Gasteiger partial charge in [0, 0.05) is 18.8 Å². The molecule has 18 heavy (non-hydrogen) atoms. The van der Waals surface area contributed by atoms with Crippen LogP contribution in [0.2, 0.25) is 0 Å². The van der Waals surface area contributed by atoms with Gasteiger partial charge in [0.15, 0.2) is 0 Å². The molecule has 0 aliphatic heterocycles. The maximum absolute atomic E-state index is 11.6. The standard InChI is InChI=1S/C12H16N2O4/c1-8(2)18-10-4-3-9(7-14-10)12(17)13-6-5-11(15)16/h3-4,7-8H,5-6H2,1-2H3,(H,13,17)(H,15,16). The number of carbonyl (C=O) groups excluding carboxylic acids is 1. The second-order valence-electron chi connectivity index (χ2n) is 3.95. The number of carboxylic acids is 1. The van der Waals surface area contributed by atoms with Gasteiger partial charge in [-0.15, -0.1) is 0 Å². The first-order valence-corrected chi connectivity index (χ1v) is 5.61. The molecule has 1 amide bonds. The zero-order chi connectivity index (χ0) is 13.5. The predicted octanol–water partition coefficient (Wildman–Crippen LogP) is 1.07. The molecule has 0 fully saturated rings. The first kappa shape index (κ1) is 14.0. The van der Waals surface area contributed by atoms with E-state index in [2.05, 4.69) is 10.3 Å². The molecule has 1 aromatic heterocycles. The van der Waals surface area contributed by atoms with Crippen molar-refractivity contribution in [3.05, 3.63) is 23.9 Å². The molecule has 0 spiro atoms. The minimum absolute atomic E-state index is 0.0211. The number of nitrogens with one attached hydrogen (secondary N) is 1. The molecule has 0 aromatic carbocycles. The van der Waals surface area contributed by atoms with Crippen molar-refractivity contribution in [1.82, 2.24) is 10.3 Å². The minimum Gasteiger partial charge on any atom is -0.481 e. The van der Waals surface area contributed by atoms with Crippen LogP contribution in [-0.2, 0) is 4.79 Å². The third-order valence-electron chi connectivity index (χ3n) is 1.98. The molecule has 1 heterocycles. The van der Waals surface area contributed by atoms with Crippen molar-refractivity contribution < 1.29 is 19.4 Å². The number of hydrogen-bond acceptors (Lipinski definition) is 4. The number of pyridine rings is 1. The number of ether oxygens (including phenoxy) is 1. The number of carbonyl (C=O) groups is 2. The number of amides is 1. The largest absolute Gasteiger partial charge is 0.481 e. The van der Waals surface area contributed by atoms with Crippen LogP contribution >= 0.6 is 0 Å². The van der Waals surface area contributed by atoms with Gasteiger partial charge in [0.2, 0.25) is 5.88 Å². The molecule has 0 aliphatic carbocycles. The average Bonchev–Trinajstić information content (AvgIpc) is 2.28. The van der Waals surface area contributed by atoms with E-state index in [9.17, 15) is 9.59 Å². The topological polar surface area (TPSA) is 88.5 Å². The van der Waals surface area contributed by atoms with Crippen molar-refractivity contribution in [2.75, 3.05) is 6.54 Å². The molecule has 0 radical (unpaired) electrons. The Kier molecular flexibility index (Phi) is 5.10. The predicted molar refractivity (Wildman–Crippen MR) is 64.6 cm³/mol. The fourth-order valence-electron chi connectivity index (χ4n) is 1.21. The summed E-state index contributed by atoms with van der Waals surface area (Å²) in [4.78, 5) is 25.8. The number of aromatic nitrogens is 1. The summed E-state index contributed by atoms with van der Waals surface area (Å²) in [6.45, 7) is 3.86. The van der Waals surface area contributed by atoms with E-state index in [0.29, 0.717) is 11.4 Å². The lowest BCUT2D eigenvalue weighted by atomic mass is 10.2. The van der Waals surface area contributed by atoms with Gasteiger partial charge in [-0.25, -0.2) is 4.98 Å². The monoisotopic (exact) mass is 252 g/mol. The van der Waals surface area contributed by atoms with Crippen LogP contribution in [-0.4, -0.2) is 34.6 Å². The normalized spacial score (nSPS) is 10.2. The van der Waals surface area contributed by atoms with Crippen molar-refractivity contribution in [3.8, 4) is 5.88 Å². The summed E-state index contributed by atoms with van der Waals surface area (Å²) >= 11 is 0. The third kappa shape index (κ3) is 4.82. The summed E-state index contributed by atoms with van der Waals surface area (Å²) in [7, 11) is 0. The van der Waals surface area contributed by atoms with Crippen LogP contribution in [0, 0.1) is 0 Å². The molecule has 0 bridgehead atoms. The fraction of sp³-hybridized carbons (Fsp3) is 0.417. The Labute approximate surface area is 105 Å². The van der Waals surface area contributed by atoms with E-state index in [4.69, 9.17) is 9.84 Å². The van der Waals surface area contributed by atoms with Gasteiger partial charge >= 0.3 is 5.97 Å². The highest BCUT2D eigenvalue weighted by Crippen LogP contribution is 2.09. The first-order valence-electron chi connectivity index (χ1n) is 5.61. The lowest BCUT2D eigenvalue weighted by Crippen LogP contribution is -2.26. The Balaban J connectivity index is 2.51. The van der Waals surface area contributed by atoms with Gasteiger partial charge in [0.25, 0.3) is 5.91 Å². The van der Waals surface area contributed by atoms with Crippen LogP contribution in [0.1, 0.15) is 30.6 Å². The van der Waals surface area contributed by atoms with Crippen LogP contribution in [0.25, 0.3) is 0 Å². The zero-order valence-corrected chi connectivity index (χ0v) is 10.3. The highest BCUT2D eigenvalue weighted by Gasteiger charge is 2.07. The Morgan fingerprint density at radius 2 is 2.17 bits per heavy atom. The molecule has 0 aliphatic rings. The summed E-state index contributed by atoms with van der Waals surface area (Å²) < 4.78 is 5.34. The molecule has 6 heteroatoms. The van der Waals surface area contributed by atoms with E-state index in [1.807, 2.05) is 13.8 Å². The molecular weight excluding hydrogens is 236 g/mol. The molecule has 98 valence electrons. The Bertz CT molecular complexity index is 415. The maximum atomic E-state index is 11.6. The second-order valence-corrected chi connectivity index (χ2v) is 3.95. The number of carboxylic acid groups (broad SMARTS) is 1. The van der Waals surface area contributed by atoms with Crippen molar-refractivity contribution in [3.63, 3.8) is 0 Å². The molecule has 0 saturated heterocycles. The van der Waals surface area contributed by atoms with Crippen molar-refractivity contribution in [2.24, 2.45) is 0 Å². The lowest BCUT2D eigenvalue weighted by Gasteiger charge is -2.08. The summed E-state index contributed by atoms with van der Waals surface area (Å²) in [5.41, 5.74) is 0.372. The van der Waals surface area contributed by atoms with Gasteiger partial charge in [0.1, 0.15) is 0 Å². The Hall–Kier alpha value is -2.11. The highest BCUT2D eigenvalue weighted by molar-refractivity contribution is 5.94. The number of hydrogen-bond donors (Lipinski definition) is 2. The summed E-state index contributed by atoms with van der Waals surface area (Å²) in [6, 6.07) is 3.19. The van der Waals surface area contributed by atoms with Crippen LogP contribution in [0.4, 0.5) is 0 Å². The molecule has 0 unspecified atom stereocenters. The van der Waals surface area contributed by atoms with Gasteiger partial charge in [-0.2, -0.15) is 0 Å². The van der Waals surface area contributed by atoms with Gasteiger partial charge < -0.3 is 15.2 Å². The van der Waals surface area contributed by atoms with Gasteiger partial charge in [-0.3, -0.25) is 9.59 Å². The van der Waals surface area contributed by atoms with E-state index < -0.39 is 5.97 Å². The summed E-state index contributed by atoms with van der Waals surface area (Å²) in [5.74, 6) is -0.846. The van der Waals surface area contributed by atoms with Gasteiger partial charge in [-0.1, -0.05) is 0 Å². The first-order chi connectivity index (χ1) is 8.49. The van der Waals surface area contributed by atoms with E-state index in [0.717, 1.165) is 0 Å². The third-order valence-corrected chi connectivity index (χ3v) is 1.98.